The van der Waals surface area contributed by atoms with Crippen molar-refractivity contribution < 1.29 is 21.9 Å². The molecular formula is C26H28F3N4OS2+. The van der Waals surface area contributed by atoms with E-state index in [4.69, 9.17) is 4.99 Å². The number of amides is 1. The first-order valence-electron chi connectivity index (χ1n) is 11.7. The van der Waals surface area contributed by atoms with Crippen molar-refractivity contribution >= 4 is 51.4 Å². The molecule has 0 aliphatic carbocycles. The van der Waals surface area contributed by atoms with Crippen molar-refractivity contribution in [1.82, 2.24) is 5.32 Å². The number of nitrogens with zero attached hydrogens (tertiary/aromatic N) is 2. The zero-order valence-corrected chi connectivity index (χ0v) is 21.9. The van der Waals surface area contributed by atoms with E-state index < -0.39 is 11.0 Å². The van der Waals surface area contributed by atoms with Crippen molar-refractivity contribution in [3.63, 3.8) is 0 Å². The van der Waals surface area contributed by atoms with Gasteiger partial charge in [-0.05, 0) is 72.6 Å². The molecule has 1 unspecified atom stereocenters. The topological polar surface area (TPSA) is 53.5 Å². The normalized spacial score (nSPS) is 27.3. The third-order valence-electron chi connectivity index (χ3n) is 7.06. The monoisotopic (exact) mass is 533 g/mol. The van der Waals surface area contributed by atoms with Crippen molar-refractivity contribution in [2.45, 2.75) is 42.6 Å². The molecule has 2 spiro atoms. The molecule has 5 nitrogen and oxygen atoms in total. The summed E-state index contributed by atoms with van der Waals surface area (Å²) in [6.07, 6.45) is 3.44. The smallest absolute Gasteiger partial charge is 0.388 e. The van der Waals surface area contributed by atoms with Gasteiger partial charge in [0.2, 0.25) is 0 Å². The molecule has 2 aromatic rings. The molecule has 3 aliphatic heterocycles. The van der Waals surface area contributed by atoms with Gasteiger partial charge in [0, 0.05) is 41.4 Å². The number of piperidine rings is 1. The van der Waals surface area contributed by atoms with Gasteiger partial charge in [0.15, 0.2) is 11.0 Å². The lowest BCUT2D eigenvalue weighted by Gasteiger charge is -2.33. The van der Waals surface area contributed by atoms with E-state index in [9.17, 15) is 18.0 Å². The second kappa shape index (κ2) is 9.08. The number of aliphatic imine (C=N–C) groups is 1. The zero-order valence-electron chi connectivity index (χ0n) is 20.3. The van der Waals surface area contributed by atoms with E-state index >= 15 is 0 Å². The fourth-order valence-corrected chi connectivity index (χ4v) is 7.49. The van der Waals surface area contributed by atoms with Crippen LogP contribution in [0.15, 0.2) is 51.7 Å². The maximum Gasteiger partial charge on any atom is 0.446 e. The average molecular weight is 534 g/mol. The fourth-order valence-electron chi connectivity index (χ4n) is 4.99. The first-order valence-corrected chi connectivity index (χ1v) is 13.9. The number of thioether (sulfide) groups is 1. The third-order valence-corrected chi connectivity index (χ3v) is 9.91. The van der Waals surface area contributed by atoms with E-state index in [1.165, 1.54) is 28.8 Å². The molecule has 2 N–H and O–H groups in total. The van der Waals surface area contributed by atoms with Gasteiger partial charge in [-0.2, -0.15) is 13.2 Å². The minimum absolute atomic E-state index is 0.00637. The molecule has 5 rings (SSSR count). The zero-order chi connectivity index (χ0) is 25.7. The number of amidine groups is 1. The molecule has 2 aromatic carbocycles. The molecule has 1 saturated heterocycles. The number of anilines is 1. The SMILES string of the molecule is CNc1cc(C)c(/C=C/S2=C[N+]23CCC2(CC3)N=C(c3cccc(SC(F)(F)F)c3)NC2=O)c(C)c1. The Labute approximate surface area is 215 Å². The Kier molecular flexibility index (Phi) is 6.33. The largest absolute Gasteiger partial charge is 0.446 e. The van der Waals surface area contributed by atoms with E-state index in [2.05, 4.69) is 53.6 Å². The Balaban J connectivity index is 1.27. The molecule has 0 saturated carbocycles. The molecule has 10 heteroatoms. The Morgan fingerprint density at radius 3 is 2.50 bits per heavy atom. The van der Waals surface area contributed by atoms with Crippen LogP contribution < -0.4 is 10.6 Å². The van der Waals surface area contributed by atoms with Crippen molar-refractivity contribution in [1.29, 1.82) is 0 Å². The van der Waals surface area contributed by atoms with Crippen LogP contribution in [0.25, 0.3) is 6.08 Å². The predicted octanol–water partition coefficient (Wildman–Crippen LogP) is 5.81. The van der Waals surface area contributed by atoms with E-state index in [-0.39, 0.29) is 33.2 Å². The molecular weight excluding hydrogens is 505 g/mol. The highest BCUT2D eigenvalue weighted by Gasteiger charge is 2.55. The van der Waals surface area contributed by atoms with Crippen LogP contribution in [0.4, 0.5) is 18.9 Å². The van der Waals surface area contributed by atoms with Gasteiger partial charge in [0.25, 0.3) is 5.91 Å². The summed E-state index contributed by atoms with van der Waals surface area (Å²) in [6.45, 7) is 5.87. The maximum absolute atomic E-state index is 13.0. The van der Waals surface area contributed by atoms with Crippen molar-refractivity contribution in [3.05, 3.63) is 64.1 Å². The molecule has 3 aliphatic rings. The van der Waals surface area contributed by atoms with Gasteiger partial charge < -0.3 is 10.6 Å². The maximum atomic E-state index is 13.0. The fraction of sp³-hybridized carbons (Fsp3) is 0.346. The van der Waals surface area contributed by atoms with E-state index in [0.717, 1.165) is 22.7 Å². The number of hydrogen-bond donors (Lipinski definition) is 2. The molecule has 3 heterocycles. The lowest BCUT2D eigenvalue weighted by atomic mass is 9.88. The summed E-state index contributed by atoms with van der Waals surface area (Å²) < 4.78 is 39.2. The van der Waals surface area contributed by atoms with Crippen LogP contribution in [0, 0.1) is 13.8 Å². The van der Waals surface area contributed by atoms with Crippen LogP contribution in [0.2, 0.25) is 0 Å². The first kappa shape index (κ1) is 25.1. The van der Waals surface area contributed by atoms with E-state index in [1.807, 2.05) is 7.05 Å². The Morgan fingerprint density at radius 1 is 1.17 bits per heavy atom. The van der Waals surface area contributed by atoms with Crippen molar-refractivity contribution in [2.75, 3.05) is 25.5 Å². The second-order valence-corrected chi connectivity index (χ2v) is 12.5. The number of alkyl halides is 3. The summed E-state index contributed by atoms with van der Waals surface area (Å²) in [7, 11) is 1.93. The highest BCUT2D eigenvalue weighted by molar-refractivity contribution is 8.18. The van der Waals surface area contributed by atoms with E-state index in [0.29, 0.717) is 24.2 Å². The summed E-state index contributed by atoms with van der Waals surface area (Å²) >= 11 is -0.167. The third kappa shape index (κ3) is 4.86. The number of hydrogen-bond acceptors (Lipinski definition) is 4. The highest BCUT2D eigenvalue weighted by atomic mass is 32.2. The van der Waals surface area contributed by atoms with Crippen molar-refractivity contribution in [2.24, 2.45) is 4.99 Å². The summed E-state index contributed by atoms with van der Waals surface area (Å²) in [5.74, 6) is 0.208. The van der Waals surface area contributed by atoms with Crippen LogP contribution >= 0.6 is 22.4 Å². The number of benzene rings is 2. The van der Waals surface area contributed by atoms with Gasteiger partial charge in [-0.3, -0.25) is 9.79 Å². The Hall–Kier alpha value is -2.56. The highest BCUT2D eigenvalue weighted by Crippen LogP contribution is 2.50. The van der Waals surface area contributed by atoms with Gasteiger partial charge in [-0.25, -0.2) is 3.89 Å². The second-order valence-electron chi connectivity index (χ2n) is 9.45. The average Bonchev–Trinajstić information content (AvgIpc) is 3.39. The molecule has 0 aromatic heterocycles. The van der Waals surface area contributed by atoms with Crippen LogP contribution in [0.1, 0.15) is 35.1 Å². The minimum Gasteiger partial charge on any atom is -0.388 e. The molecule has 1 atom stereocenters. The van der Waals surface area contributed by atoms with E-state index in [1.54, 1.807) is 12.1 Å². The van der Waals surface area contributed by atoms with Crippen LogP contribution in [0.5, 0.6) is 0 Å². The number of halogens is 3. The van der Waals surface area contributed by atoms with Crippen LogP contribution in [-0.2, 0) is 4.79 Å². The molecule has 1 fully saturated rings. The molecule has 1 amide bonds. The van der Waals surface area contributed by atoms with Crippen LogP contribution in [0.3, 0.4) is 0 Å². The number of carbonyl (C=O) groups excluding carboxylic acids is 1. The van der Waals surface area contributed by atoms with Gasteiger partial charge in [0.1, 0.15) is 5.84 Å². The van der Waals surface area contributed by atoms with Crippen molar-refractivity contribution in [3.8, 4) is 0 Å². The van der Waals surface area contributed by atoms with Gasteiger partial charge in [-0.1, -0.05) is 12.1 Å². The minimum atomic E-state index is -4.36. The van der Waals surface area contributed by atoms with Crippen LogP contribution in [-0.4, -0.2) is 52.3 Å². The predicted molar refractivity (Wildman–Crippen MR) is 143 cm³/mol. The molecule has 190 valence electrons. The molecule has 36 heavy (non-hydrogen) atoms. The molecule has 0 radical (unpaired) electrons. The van der Waals surface area contributed by atoms with Gasteiger partial charge >= 0.3 is 5.51 Å². The van der Waals surface area contributed by atoms with Gasteiger partial charge in [-0.15, -0.1) is 0 Å². The summed E-state index contributed by atoms with van der Waals surface area (Å²) in [5.41, 5.74) is 2.44. The quantitative estimate of drug-likeness (QED) is 0.290. The first-order chi connectivity index (χ1) is 17.0. The lowest BCUT2D eigenvalue weighted by Crippen LogP contribution is -2.50. The summed E-state index contributed by atoms with van der Waals surface area (Å²) in [5, 5.41) is 8.30. The summed E-state index contributed by atoms with van der Waals surface area (Å²) in [6, 6.07) is 10.4. The standard InChI is InChI=1S/C26H27F3N4OS2/c1-17-13-20(30-3)14-18(2)22(17)7-12-36-16-33(36)10-8-25(9-11-33)24(34)31-23(32-25)19-5-4-6-21(15-19)35-26(27,28)29/h4-7,12-16,30H,8-11H2,1-3H3/p+1/b12-7+. The Morgan fingerprint density at radius 2 is 1.86 bits per heavy atom. The summed E-state index contributed by atoms with van der Waals surface area (Å²) in [4.78, 5) is 17.8. The van der Waals surface area contributed by atoms with Gasteiger partial charge in [0.05, 0.1) is 23.8 Å². The number of carbonyl (C=O) groups is 1. The number of rotatable bonds is 5. The lowest BCUT2D eigenvalue weighted by molar-refractivity contribution is -0.673. The Bertz CT molecular complexity index is 1300. The number of aryl methyl sites for hydroxylation is 2. The number of nitrogens with one attached hydrogen (secondary N) is 2. The molecule has 0 bridgehead atoms. The number of quaternary nitrogens is 1.